The molecule has 0 amide bonds. The van der Waals surface area contributed by atoms with Crippen LogP contribution < -0.4 is 4.90 Å². The summed E-state index contributed by atoms with van der Waals surface area (Å²) in [5.41, 5.74) is 0. The highest BCUT2D eigenvalue weighted by atomic mass is 15.3. The van der Waals surface area contributed by atoms with Crippen LogP contribution in [-0.2, 0) is 0 Å². The van der Waals surface area contributed by atoms with Crippen LogP contribution in [0.4, 0.5) is 5.95 Å². The molecular weight excluding hydrogens is 236 g/mol. The lowest BCUT2D eigenvalue weighted by molar-refractivity contribution is 0.127. The topological polar surface area (TPSA) is 32.3 Å². The van der Waals surface area contributed by atoms with Gasteiger partial charge in [0.1, 0.15) is 0 Å². The molecule has 0 radical (unpaired) electrons. The fourth-order valence-electron chi connectivity index (χ4n) is 3.48. The van der Waals surface area contributed by atoms with Crippen molar-refractivity contribution in [3.05, 3.63) is 18.5 Å². The summed E-state index contributed by atoms with van der Waals surface area (Å²) in [7, 11) is 0. The fourth-order valence-corrected chi connectivity index (χ4v) is 3.48. The molecule has 2 aliphatic rings. The standard InChI is InChI=1S/C15H24N4/c1-13-4-2-5-14(12-13)18-8-10-19(11-9-18)15-16-6-3-7-17-15/h3,6-7,13-14H,2,4-5,8-12H2,1H3. The number of piperazine rings is 1. The van der Waals surface area contributed by atoms with Crippen LogP contribution in [0.1, 0.15) is 32.6 Å². The summed E-state index contributed by atoms with van der Waals surface area (Å²) in [4.78, 5) is 13.7. The van der Waals surface area contributed by atoms with Gasteiger partial charge in [0.2, 0.25) is 5.95 Å². The first-order valence-corrected chi connectivity index (χ1v) is 7.59. The van der Waals surface area contributed by atoms with Gasteiger partial charge < -0.3 is 4.90 Å². The van der Waals surface area contributed by atoms with E-state index in [1.165, 1.54) is 25.7 Å². The summed E-state index contributed by atoms with van der Waals surface area (Å²) in [6.45, 7) is 6.86. The Morgan fingerprint density at radius 1 is 1.05 bits per heavy atom. The maximum atomic E-state index is 4.35. The molecule has 1 saturated heterocycles. The van der Waals surface area contributed by atoms with Gasteiger partial charge in [0.15, 0.2) is 0 Å². The molecule has 1 aromatic rings. The molecule has 4 nitrogen and oxygen atoms in total. The van der Waals surface area contributed by atoms with E-state index < -0.39 is 0 Å². The smallest absolute Gasteiger partial charge is 0.225 e. The summed E-state index contributed by atoms with van der Waals surface area (Å²) in [6, 6.07) is 2.70. The molecule has 2 unspecified atom stereocenters. The van der Waals surface area contributed by atoms with Crippen LogP contribution in [0.15, 0.2) is 18.5 Å². The highest BCUT2D eigenvalue weighted by Crippen LogP contribution is 2.28. The zero-order valence-electron chi connectivity index (χ0n) is 11.8. The molecule has 2 fully saturated rings. The molecule has 3 rings (SSSR count). The molecule has 0 bridgehead atoms. The van der Waals surface area contributed by atoms with Crippen LogP contribution in [0.25, 0.3) is 0 Å². The first-order valence-electron chi connectivity index (χ1n) is 7.59. The number of hydrogen-bond acceptors (Lipinski definition) is 4. The lowest BCUT2D eigenvalue weighted by atomic mass is 9.86. The number of rotatable bonds is 2. The third-order valence-electron chi connectivity index (χ3n) is 4.57. The van der Waals surface area contributed by atoms with Gasteiger partial charge in [0.05, 0.1) is 0 Å². The zero-order valence-corrected chi connectivity index (χ0v) is 11.8. The van der Waals surface area contributed by atoms with Crippen molar-refractivity contribution in [3.8, 4) is 0 Å². The molecule has 1 aliphatic heterocycles. The van der Waals surface area contributed by atoms with Crippen LogP contribution >= 0.6 is 0 Å². The van der Waals surface area contributed by atoms with Crippen molar-refractivity contribution in [1.29, 1.82) is 0 Å². The van der Waals surface area contributed by atoms with Crippen LogP contribution in [0.3, 0.4) is 0 Å². The second-order valence-electron chi connectivity index (χ2n) is 6.00. The molecular formula is C15H24N4. The van der Waals surface area contributed by atoms with Crippen molar-refractivity contribution in [2.24, 2.45) is 5.92 Å². The quantitative estimate of drug-likeness (QED) is 0.816. The summed E-state index contributed by atoms with van der Waals surface area (Å²) in [5.74, 6) is 1.80. The highest BCUT2D eigenvalue weighted by Gasteiger charge is 2.27. The Bertz CT molecular complexity index is 386. The molecule has 1 saturated carbocycles. The van der Waals surface area contributed by atoms with Crippen LogP contribution in [0.5, 0.6) is 0 Å². The molecule has 19 heavy (non-hydrogen) atoms. The van der Waals surface area contributed by atoms with E-state index in [9.17, 15) is 0 Å². The van der Waals surface area contributed by atoms with E-state index in [2.05, 4.69) is 26.7 Å². The monoisotopic (exact) mass is 260 g/mol. The molecule has 4 heteroatoms. The Hall–Kier alpha value is -1.16. The number of hydrogen-bond donors (Lipinski definition) is 0. The Morgan fingerprint density at radius 3 is 2.47 bits per heavy atom. The third-order valence-corrected chi connectivity index (χ3v) is 4.57. The van der Waals surface area contributed by atoms with Crippen molar-refractivity contribution < 1.29 is 0 Å². The molecule has 0 spiro atoms. The van der Waals surface area contributed by atoms with Crippen LogP contribution in [0, 0.1) is 5.92 Å². The Labute approximate surface area is 115 Å². The summed E-state index contributed by atoms with van der Waals surface area (Å²) in [6.07, 6.45) is 9.28. The molecule has 1 aromatic heterocycles. The lowest BCUT2D eigenvalue weighted by Crippen LogP contribution is -2.51. The minimum atomic E-state index is 0.822. The summed E-state index contributed by atoms with van der Waals surface area (Å²) < 4.78 is 0. The summed E-state index contributed by atoms with van der Waals surface area (Å²) in [5, 5.41) is 0. The average Bonchev–Trinajstić information content (AvgIpc) is 2.48. The van der Waals surface area contributed by atoms with Crippen LogP contribution in [-0.4, -0.2) is 47.1 Å². The first-order chi connectivity index (χ1) is 9.33. The van der Waals surface area contributed by atoms with Crippen molar-refractivity contribution >= 4 is 5.95 Å². The highest BCUT2D eigenvalue weighted by molar-refractivity contribution is 5.29. The van der Waals surface area contributed by atoms with E-state index in [0.717, 1.165) is 44.1 Å². The van der Waals surface area contributed by atoms with Crippen molar-refractivity contribution in [2.45, 2.75) is 38.6 Å². The third kappa shape index (κ3) is 3.06. The SMILES string of the molecule is CC1CCCC(N2CCN(c3ncccn3)CC2)C1. The number of nitrogens with zero attached hydrogens (tertiary/aromatic N) is 4. The molecule has 0 N–H and O–H groups in total. The van der Waals surface area contributed by atoms with Gasteiger partial charge in [-0.05, 0) is 24.8 Å². The molecule has 2 heterocycles. The number of anilines is 1. The first kappa shape index (κ1) is 12.9. The van der Waals surface area contributed by atoms with Gasteiger partial charge in [-0.15, -0.1) is 0 Å². The van der Waals surface area contributed by atoms with E-state index in [4.69, 9.17) is 0 Å². The normalized spacial score (nSPS) is 29.4. The lowest BCUT2D eigenvalue weighted by Gasteiger charge is -2.41. The van der Waals surface area contributed by atoms with Crippen molar-refractivity contribution in [1.82, 2.24) is 14.9 Å². The molecule has 2 atom stereocenters. The Morgan fingerprint density at radius 2 is 1.79 bits per heavy atom. The van der Waals surface area contributed by atoms with Gasteiger partial charge in [-0.25, -0.2) is 9.97 Å². The van der Waals surface area contributed by atoms with Gasteiger partial charge in [-0.1, -0.05) is 19.8 Å². The molecule has 1 aliphatic carbocycles. The zero-order chi connectivity index (χ0) is 13.1. The van der Waals surface area contributed by atoms with Gasteiger partial charge in [-0.2, -0.15) is 0 Å². The largest absolute Gasteiger partial charge is 0.338 e. The molecule has 0 aromatic carbocycles. The van der Waals surface area contributed by atoms with Gasteiger partial charge >= 0.3 is 0 Å². The van der Waals surface area contributed by atoms with E-state index in [1.54, 1.807) is 0 Å². The minimum Gasteiger partial charge on any atom is -0.338 e. The average molecular weight is 260 g/mol. The van der Waals surface area contributed by atoms with E-state index in [0.29, 0.717) is 0 Å². The van der Waals surface area contributed by atoms with Crippen molar-refractivity contribution in [2.75, 3.05) is 31.1 Å². The van der Waals surface area contributed by atoms with E-state index >= 15 is 0 Å². The van der Waals surface area contributed by atoms with Crippen molar-refractivity contribution in [3.63, 3.8) is 0 Å². The Kier molecular flexibility index (Phi) is 3.97. The predicted molar refractivity (Wildman–Crippen MR) is 77.2 cm³/mol. The van der Waals surface area contributed by atoms with Crippen LogP contribution in [0.2, 0.25) is 0 Å². The Balaban J connectivity index is 1.54. The summed E-state index contributed by atoms with van der Waals surface area (Å²) >= 11 is 0. The van der Waals surface area contributed by atoms with E-state index in [-0.39, 0.29) is 0 Å². The maximum absolute atomic E-state index is 4.35. The van der Waals surface area contributed by atoms with Gasteiger partial charge in [0.25, 0.3) is 0 Å². The van der Waals surface area contributed by atoms with Gasteiger partial charge in [-0.3, -0.25) is 4.90 Å². The number of aromatic nitrogens is 2. The maximum Gasteiger partial charge on any atom is 0.225 e. The molecule has 104 valence electrons. The predicted octanol–water partition coefficient (Wildman–Crippen LogP) is 2.18. The second kappa shape index (κ2) is 5.87. The fraction of sp³-hybridized carbons (Fsp3) is 0.733. The van der Waals surface area contributed by atoms with E-state index in [1.807, 2.05) is 18.5 Å². The second-order valence-corrected chi connectivity index (χ2v) is 6.00. The minimum absolute atomic E-state index is 0.822. The van der Waals surface area contributed by atoms with Gasteiger partial charge in [0, 0.05) is 44.6 Å².